The highest BCUT2D eigenvalue weighted by Gasteiger charge is 2.16. The first kappa shape index (κ1) is 17.0. The molecule has 0 atom stereocenters. The molecule has 122 valence electrons. The van der Waals surface area contributed by atoms with Crippen molar-refractivity contribution in [3.05, 3.63) is 35.4 Å². The third kappa shape index (κ3) is 5.43. The van der Waals surface area contributed by atoms with E-state index in [0.717, 1.165) is 57.3 Å². The van der Waals surface area contributed by atoms with Crippen LogP contribution in [-0.4, -0.2) is 48.2 Å². The van der Waals surface area contributed by atoms with Gasteiger partial charge in [-0.2, -0.15) is 0 Å². The SMILES string of the molecule is CCCc1ccc(C(=O)NCCCN2CCC(O)CC2)cc1. The van der Waals surface area contributed by atoms with E-state index in [1.54, 1.807) is 0 Å². The third-order valence-electron chi connectivity index (χ3n) is 4.25. The summed E-state index contributed by atoms with van der Waals surface area (Å²) in [6.45, 7) is 5.78. The second-order valence-corrected chi connectivity index (χ2v) is 6.13. The molecule has 1 saturated heterocycles. The van der Waals surface area contributed by atoms with Crippen molar-refractivity contribution >= 4 is 5.91 Å². The van der Waals surface area contributed by atoms with Crippen molar-refractivity contribution < 1.29 is 9.90 Å². The lowest BCUT2D eigenvalue weighted by molar-refractivity contribution is 0.0816. The summed E-state index contributed by atoms with van der Waals surface area (Å²) in [5, 5.41) is 12.5. The first-order chi connectivity index (χ1) is 10.7. The van der Waals surface area contributed by atoms with Crippen molar-refractivity contribution in [2.45, 2.75) is 45.1 Å². The van der Waals surface area contributed by atoms with Crippen LogP contribution in [0.15, 0.2) is 24.3 Å². The van der Waals surface area contributed by atoms with E-state index >= 15 is 0 Å². The Balaban J connectivity index is 1.65. The second-order valence-electron chi connectivity index (χ2n) is 6.13. The van der Waals surface area contributed by atoms with Crippen molar-refractivity contribution in [2.75, 3.05) is 26.2 Å². The molecule has 1 aliphatic heterocycles. The Morgan fingerprint density at radius 1 is 1.27 bits per heavy atom. The van der Waals surface area contributed by atoms with Gasteiger partial charge in [-0.1, -0.05) is 25.5 Å². The zero-order chi connectivity index (χ0) is 15.8. The Hall–Kier alpha value is -1.39. The zero-order valence-corrected chi connectivity index (χ0v) is 13.6. The molecule has 0 saturated carbocycles. The molecule has 4 nitrogen and oxygen atoms in total. The lowest BCUT2D eigenvalue weighted by Crippen LogP contribution is -2.37. The summed E-state index contributed by atoms with van der Waals surface area (Å²) in [7, 11) is 0. The summed E-state index contributed by atoms with van der Waals surface area (Å²) in [6.07, 6.45) is 4.76. The number of likely N-dealkylation sites (tertiary alicyclic amines) is 1. The van der Waals surface area contributed by atoms with Crippen molar-refractivity contribution in [1.82, 2.24) is 10.2 Å². The van der Waals surface area contributed by atoms with Gasteiger partial charge in [-0.05, 0) is 49.9 Å². The van der Waals surface area contributed by atoms with Crippen LogP contribution in [0.2, 0.25) is 0 Å². The van der Waals surface area contributed by atoms with Gasteiger partial charge < -0.3 is 15.3 Å². The number of rotatable bonds is 7. The number of carbonyl (C=O) groups is 1. The number of aliphatic hydroxyl groups is 1. The molecule has 1 fully saturated rings. The quantitative estimate of drug-likeness (QED) is 0.760. The molecule has 0 bridgehead atoms. The maximum absolute atomic E-state index is 12.1. The largest absolute Gasteiger partial charge is 0.393 e. The van der Waals surface area contributed by atoms with Crippen LogP contribution in [0.3, 0.4) is 0 Å². The van der Waals surface area contributed by atoms with E-state index < -0.39 is 0 Å². The topological polar surface area (TPSA) is 52.6 Å². The van der Waals surface area contributed by atoms with Crippen LogP contribution in [0.1, 0.15) is 48.5 Å². The normalized spacial score (nSPS) is 16.6. The molecular formula is C18H28N2O2. The van der Waals surface area contributed by atoms with Crippen LogP contribution in [-0.2, 0) is 6.42 Å². The van der Waals surface area contributed by atoms with E-state index in [2.05, 4.69) is 17.1 Å². The van der Waals surface area contributed by atoms with Gasteiger partial charge in [-0.25, -0.2) is 0 Å². The smallest absolute Gasteiger partial charge is 0.251 e. The van der Waals surface area contributed by atoms with Gasteiger partial charge in [-0.3, -0.25) is 4.79 Å². The lowest BCUT2D eigenvalue weighted by Gasteiger charge is -2.29. The number of benzene rings is 1. The maximum Gasteiger partial charge on any atom is 0.251 e. The number of carbonyl (C=O) groups excluding carboxylic acids is 1. The standard InChI is InChI=1S/C18H28N2O2/c1-2-4-15-5-7-16(8-6-15)18(22)19-11-3-12-20-13-9-17(21)10-14-20/h5-8,17,21H,2-4,9-14H2,1H3,(H,19,22). The Morgan fingerprint density at radius 3 is 2.59 bits per heavy atom. The number of nitrogens with one attached hydrogen (secondary N) is 1. The third-order valence-corrected chi connectivity index (χ3v) is 4.25. The minimum atomic E-state index is -0.119. The van der Waals surface area contributed by atoms with Gasteiger partial charge in [0.2, 0.25) is 0 Å². The highest BCUT2D eigenvalue weighted by atomic mass is 16.3. The van der Waals surface area contributed by atoms with Gasteiger partial charge >= 0.3 is 0 Å². The highest BCUT2D eigenvalue weighted by Crippen LogP contribution is 2.10. The Labute approximate surface area is 133 Å². The molecule has 0 unspecified atom stereocenters. The molecule has 22 heavy (non-hydrogen) atoms. The molecule has 0 spiro atoms. The highest BCUT2D eigenvalue weighted by molar-refractivity contribution is 5.94. The monoisotopic (exact) mass is 304 g/mol. The van der Waals surface area contributed by atoms with E-state index in [1.807, 2.05) is 24.3 Å². The summed E-state index contributed by atoms with van der Waals surface area (Å²) in [5.41, 5.74) is 2.02. The number of aliphatic hydroxyl groups excluding tert-OH is 1. The lowest BCUT2D eigenvalue weighted by atomic mass is 10.1. The number of aryl methyl sites for hydroxylation is 1. The summed E-state index contributed by atoms with van der Waals surface area (Å²) >= 11 is 0. The fourth-order valence-electron chi connectivity index (χ4n) is 2.86. The molecule has 0 aliphatic carbocycles. The number of amides is 1. The van der Waals surface area contributed by atoms with Gasteiger partial charge in [0.15, 0.2) is 0 Å². The molecule has 4 heteroatoms. The summed E-state index contributed by atoms with van der Waals surface area (Å²) in [6, 6.07) is 7.90. The van der Waals surface area contributed by atoms with Crippen LogP contribution in [0, 0.1) is 0 Å². The van der Waals surface area contributed by atoms with Crippen LogP contribution >= 0.6 is 0 Å². The van der Waals surface area contributed by atoms with E-state index in [0.29, 0.717) is 6.54 Å². The Morgan fingerprint density at radius 2 is 1.95 bits per heavy atom. The van der Waals surface area contributed by atoms with Gasteiger partial charge in [-0.15, -0.1) is 0 Å². The Bertz CT molecular complexity index is 451. The van der Waals surface area contributed by atoms with Crippen molar-refractivity contribution in [2.24, 2.45) is 0 Å². The number of hydrogen-bond acceptors (Lipinski definition) is 3. The molecule has 1 heterocycles. The second kappa shape index (κ2) is 8.91. The maximum atomic E-state index is 12.1. The van der Waals surface area contributed by atoms with E-state index in [1.165, 1.54) is 5.56 Å². The molecule has 2 rings (SSSR count). The zero-order valence-electron chi connectivity index (χ0n) is 13.6. The molecule has 0 aromatic heterocycles. The summed E-state index contributed by atoms with van der Waals surface area (Å²) in [4.78, 5) is 14.4. The van der Waals surface area contributed by atoms with Crippen LogP contribution in [0.25, 0.3) is 0 Å². The average Bonchev–Trinajstić information content (AvgIpc) is 2.54. The molecule has 1 aromatic carbocycles. The molecular weight excluding hydrogens is 276 g/mol. The molecule has 1 aromatic rings. The van der Waals surface area contributed by atoms with E-state index in [9.17, 15) is 9.90 Å². The molecule has 1 amide bonds. The summed E-state index contributed by atoms with van der Waals surface area (Å²) < 4.78 is 0. The van der Waals surface area contributed by atoms with Crippen LogP contribution in [0.4, 0.5) is 0 Å². The Kier molecular flexibility index (Phi) is 6.87. The van der Waals surface area contributed by atoms with Gasteiger partial charge in [0.05, 0.1) is 6.10 Å². The molecule has 1 aliphatic rings. The van der Waals surface area contributed by atoms with Gasteiger partial charge in [0, 0.05) is 25.2 Å². The van der Waals surface area contributed by atoms with Gasteiger partial charge in [0.25, 0.3) is 5.91 Å². The molecule has 2 N–H and O–H groups in total. The number of nitrogens with zero attached hydrogens (tertiary/aromatic N) is 1. The van der Waals surface area contributed by atoms with Crippen LogP contribution < -0.4 is 5.32 Å². The number of piperidine rings is 1. The van der Waals surface area contributed by atoms with Crippen molar-refractivity contribution in [3.8, 4) is 0 Å². The van der Waals surface area contributed by atoms with Crippen molar-refractivity contribution in [3.63, 3.8) is 0 Å². The minimum absolute atomic E-state index is 0.0112. The van der Waals surface area contributed by atoms with Crippen LogP contribution in [0.5, 0.6) is 0 Å². The van der Waals surface area contributed by atoms with E-state index in [4.69, 9.17) is 0 Å². The average molecular weight is 304 g/mol. The fraction of sp³-hybridized carbons (Fsp3) is 0.611. The molecule has 0 radical (unpaired) electrons. The predicted molar refractivity (Wildman–Crippen MR) is 89.1 cm³/mol. The number of hydrogen-bond donors (Lipinski definition) is 2. The fourth-order valence-corrected chi connectivity index (χ4v) is 2.86. The van der Waals surface area contributed by atoms with E-state index in [-0.39, 0.29) is 12.0 Å². The minimum Gasteiger partial charge on any atom is -0.393 e. The first-order valence-corrected chi connectivity index (χ1v) is 8.46. The first-order valence-electron chi connectivity index (χ1n) is 8.46. The summed E-state index contributed by atoms with van der Waals surface area (Å²) in [5.74, 6) is 0.0112. The predicted octanol–water partition coefficient (Wildman–Crippen LogP) is 2.22. The van der Waals surface area contributed by atoms with Gasteiger partial charge in [0.1, 0.15) is 0 Å². The van der Waals surface area contributed by atoms with Crippen molar-refractivity contribution in [1.29, 1.82) is 0 Å².